The highest BCUT2D eigenvalue weighted by molar-refractivity contribution is 5.91. The molecule has 3 rings (SSSR count). The molecule has 1 fully saturated rings. The highest BCUT2D eigenvalue weighted by Gasteiger charge is 2.43. The molecule has 1 aliphatic rings. The number of aromatic nitrogens is 1. The first-order valence-corrected chi connectivity index (χ1v) is 9.97. The standard InChI is InChI=1S/C23H28N2O4/c1-22(12-5-4-6-13-22)20(27)24-23(2,21(28)29-3)18-7-9-19(10-8-18)25-14-11-17(15-25)16-26/h7-11,14-16H,4-6,12-13H2,1-3H3,(H,24,27). The van der Waals surface area contributed by atoms with Gasteiger partial charge in [0.05, 0.1) is 7.11 Å². The van der Waals surface area contributed by atoms with Gasteiger partial charge in [0, 0.05) is 29.1 Å². The van der Waals surface area contributed by atoms with Gasteiger partial charge in [0.25, 0.3) is 0 Å². The molecule has 29 heavy (non-hydrogen) atoms. The molecule has 1 aromatic heterocycles. The lowest BCUT2D eigenvalue weighted by Crippen LogP contribution is -2.54. The second kappa shape index (κ2) is 8.23. The van der Waals surface area contributed by atoms with Crippen molar-refractivity contribution in [3.05, 3.63) is 53.9 Å². The zero-order valence-electron chi connectivity index (χ0n) is 17.2. The van der Waals surface area contributed by atoms with Gasteiger partial charge in [-0.15, -0.1) is 0 Å². The maximum atomic E-state index is 13.1. The molecule has 1 unspecified atom stereocenters. The number of ether oxygens (including phenoxy) is 1. The van der Waals surface area contributed by atoms with E-state index in [2.05, 4.69) is 5.32 Å². The summed E-state index contributed by atoms with van der Waals surface area (Å²) in [6, 6.07) is 9.02. The average molecular weight is 396 g/mol. The number of methoxy groups -OCH3 is 1. The zero-order valence-corrected chi connectivity index (χ0v) is 17.2. The van der Waals surface area contributed by atoms with E-state index < -0.39 is 16.9 Å². The number of nitrogens with one attached hydrogen (secondary N) is 1. The van der Waals surface area contributed by atoms with E-state index >= 15 is 0 Å². The number of esters is 1. The van der Waals surface area contributed by atoms with Gasteiger partial charge in [-0.1, -0.05) is 38.3 Å². The third-order valence-electron chi connectivity index (χ3n) is 6.06. The van der Waals surface area contributed by atoms with Crippen molar-refractivity contribution >= 4 is 18.2 Å². The quantitative estimate of drug-likeness (QED) is 0.596. The second-order valence-electron chi connectivity index (χ2n) is 8.21. The molecule has 1 atom stereocenters. The summed E-state index contributed by atoms with van der Waals surface area (Å²) in [5.41, 5.74) is 0.323. The van der Waals surface area contributed by atoms with E-state index in [0.29, 0.717) is 11.1 Å². The summed E-state index contributed by atoms with van der Waals surface area (Å²) >= 11 is 0. The Kier molecular flexibility index (Phi) is 5.91. The summed E-state index contributed by atoms with van der Waals surface area (Å²) in [5.74, 6) is -0.627. The molecule has 0 radical (unpaired) electrons. The number of carbonyl (C=O) groups is 3. The van der Waals surface area contributed by atoms with E-state index in [0.717, 1.165) is 44.1 Å². The van der Waals surface area contributed by atoms with Crippen LogP contribution in [0, 0.1) is 5.41 Å². The van der Waals surface area contributed by atoms with Crippen LogP contribution in [0.3, 0.4) is 0 Å². The molecule has 1 saturated carbocycles. The Morgan fingerprint density at radius 2 is 1.79 bits per heavy atom. The molecular weight excluding hydrogens is 368 g/mol. The Labute approximate surface area is 171 Å². The summed E-state index contributed by atoms with van der Waals surface area (Å²) in [6.45, 7) is 3.65. The van der Waals surface area contributed by atoms with Gasteiger partial charge >= 0.3 is 5.97 Å². The predicted molar refractivity (Wildman–Crippen MR) is 110 cm³/mol. The first-order chi connectivity index (χ1) is 13.8. The zero-order chi connectivity index (χ0) is 21.1. The summed E-state index contributed by atoms with van der Waals surface area (Å²) in [4.78, 5) is 36.7. The lowest BCUT2D eigenvalue weighted by Gasteiger charge is -2.37. The van der Waals surface area contributed by atoms with Gasteiger partial charge in [0.2, 0.25) is 5.91 Å². The third-order valence-corrected chi connectivity index (χ3v) is 6.06. The van der Waals surface area contributed by atoms with Crippen LogP contribution in [0.15, 0.2) is 42.7 Å². The number of aldehydes is 1. The van der Waals surface area contributed by atoms with Crippen molar-refractivity contribution < 1.29 is 19.1 Å². The number of hydrogen-bond donors (Lipinski definition) is 1. The highest BCUT2D eigenvalue weighted by atomic mass is 16.5. The topological polar surface area (TPSA) is 77.4 Å². The van der Waals surface area contributed by atoms with E-state index in [1.165, 1.54) is 7.11 Å². The normalized spacial score (nSPS) is 17.8. The molecule has 6 nitrogen and oxygen atoms in total. The molecule has 154 valence electrons. The molecular formula is C23H28N2O4. The van der Waals surface area contributed by atoms with Gasteiger partial charge in [-0.3, -0.25) is 9.59 Å². The molecule has 1 aliphatic carbocycles. The van der Waals surface area contributed by atoms with Crippen molar-refractivity contribution in [3.63, 3.8) is 0 Å². The van der Waals surface area contributed by atoms with E-state index in [4.69, 9.17) is 4.74 Å². The molecule has 6 heteroatoms. The first kappa shape index (κ1) is 20.8. The molecule has 1 amide bonds. The van der Waals surface area contributed by atoms with Gasteiger partial charge < -0.3 is 14.6 Å². The van der Waals surface area contributed by atoms with Crippen LogP contribution in [0.4, 0.5) is 0 Å². The number of carbonyl (C=O) groups excluding carboxylic acids is 3. The summed E-state index contributed by atoms with van der Waals surface area (Å²) in [6.07, 6.45) is 9.14. The average Bonchev–Trinajstić information content (AvgIpc) is 3.23. The molecule has 1 heterocycles. The summed E-state index contributed by atoms with van der Waals surface area (Å²) in [7, 11) is 1.32. The molecule has 1 N–H and O–H groups in total. The lowest BCUT2D eigenvalue weighted by molar-refractivity contribution is -0.152. The van der Waals surface area contributed by atoms with Gasteiger partial charge in [-0.2, -0.15) is 0 Å². The SMILES string of the molecule is COC(=O)C(C)(NC(=O)C1(C)CCCCC1)c1ccc(-n2ccc(C=O)c2)cc1. The molecule has 0 saturated heterocycles. The Balaban J connectivity index is 1.88. The first-order valence-electron chi connectivity index (χ1n) is 9.97. The number of benzene rings is 1. The Morgan fingerprint density at radius 3 is 2.34 bits per heavy atom. The number of rotatable bonds is 6. The molecule has 2 aromatic rings. The predicted octanol–water partition coefficient (Wildman–Crippen LogP) is 3.76. The van der Waals surface area contributed by atoms with Crippen LogP contribution in [0.5, 0.6) is 0 Å². The maximum Gasteiger partial charge on any atom is 0.336 e. The van der Waals surface area contributed by atoms with Gasteiger partial charge in [-0.25, -0.2) is 4.79 Å². The Bertz CT molecular complexity index is 894. The van der Waals surface area contributed by atoms with Gasteiger partial charge in [0.15, 0.2) is 11.8 Å². The van der Waals surface area contributed by atoms with Crippen molar-refractivity contribution in [2.75, 3.05) is 7.11 Å². The second-order valence-corrected chi connectivity index (χ2v) is 8.21. The van der Waals surface area contributed by atoms with Crippen molar-refractivity contribution in [1.29, 1.82) is 0 Å². The maximum absolute atomic E-state index is 13.1. The third kappa shape index (κ3) is 4.11. The van der Waals surface area contributed by atoms with Crippen LogP contribution in [0.1, 0.15) is 61.9 Å². The fourth-order valence-corrected chi connectivity index (χ4v) is 3.99. The minimum atomic E-state index is -1.28. The Hall–Kier alpha value is -2.89. The fourth-order valence-electron chi connectivity index (χ4n) is 3.99. The fraction of sp³-hybridized carbons (Fsp3) is 0.435. The van der Waals surface area contributed by atoms with Crippen LogP contribution in [0.2, 0.25) is 0 Å². The van der Waals surface area contributed by atoms with Crippen molar-refractivity contribution in [1.82, 2.24) is 9.88 Å². The van der Waals surface area contributed by atoms with Gasteiger partial charge in [0.1, 0.15) is 0 Å². The van der Waals surface area contributed by atoms with Crippen molar-refractivity contribution in [2.45, 2.75) is 51.5 Å². The molecule has 1 aromatic carbocycles. The number of hydrogen-bond acceptors (Lipinski definition) is 4. The molecule has 0 bridgehead atoms. The number of nitrogens with zero attached hydrogens (tertiary/aromatic N) is 1. The van der Waals surface area contributed by atoms with Crippen LogP contribution in [-0.4, -0.2) is 29.8 Å². The van der Waals surface area contributed by atoms with Gasteiger partial charge in [-0.05, 0) is 43.5 Å². The summed E-state index contributed by atoms with van der Waals surface area (Å²) in [5, 5.41) is 2.98. The van der Waals surface area contributed by atoms with E-state index in [1.54, 1.807) is 37.5 Å². The van der Waals surface area contributed by atoms with E-state index in [1.807, 2.05) is 23.6 Å². The number of amides is 1. The van der Waals surface area contributed by atoms with Crippen LogP contribution in [0.25, 0.3) is 5.69 Å². The smallest absolute Gasteiger partial charge is 0.336 e. The van der Waals surface area contributed by atoms with E-state index in [9.17, 15) is 14.4 Å². The monoisotopic (exact) mass is 396 g/mol. The van der Waals surface area contributed by atoms with Crippen LogP contribution in [-0.2, 0) is 19.9 Å². The van der Waals surface area contributed by atoms with E-state index in [-0.39, 0.29) is 5.91 Å². The summed E-state index contributed by atoms with van der Waals surface area (Å²) < 4.78 is 6.85. The largest absolute Gasteiger partial charge is 0.467 e. The lowest BCUT2D eigenvalue weighted by atomic mass is 9.74. The van der Waals surface area contributed by atoms with Crippen molar-refractivity contribution in [3.8, 4) is 5.69 Å². The Morgan fingerprint density at radius 1 is 1.14 bits per heavy atom. The van der Waals surface area contributed by atoms with Crippen molar-refractivity contribution in [2.24, 2.45) is 5.41 Å². The minimum absolute atomic E-state index is 0.116. The minimum Gasteiger partial charge on any atom is -0.467 e. The molecule has 0 aliphatic heterocycles. The molecule has 0 spiro atoms. The van der Waals surface area contributed by atoms with Crippen LogP contribution >= 0.6 is 0 Å². The highest BCUT2D eigenvalue weighted by Crippen LogP contribution is 2.37. The van der Waals surface area contributed by atoms with Crippen LogP contribution < -0.4 is 5.32 Å².